The molecule has 0 radical (unpaired) electrons. The van der Waals surface area contributed by atoms with Crippen molar-refractivity contribution in [3.8, 4) is 0 Å². The van der Waals surface area contributed by atoms with E-state index in [0.29, 0.717) is 12.2 Å². The van der Waals surface area contributed by atoms with Crippen LogP contribution in [0.1, 0.15) is 18.3 Å². The van der Waals surface area contributed by atoms with Crippen LogP contribution in [-0.2, 0) is 17.9 Å². The number of carbonyl (C=O) groups excluding carboxylic acids is 1. The third-order valence-electron chi connectivity index (χ3n) is 3.18. The lowest BCUT2D eigenvalue weighted by molar-refractivity contribution is -0.122. The van der Waals surface area contributed by atoms with Gasteiger partial charge in [0.2, 0.25) is 5.91 Å². The number of imidazole rings is 1. The second-order valence-electron chi connectivity index (χ2n) is 4.97. The van der Waals surface area contributed by atoms with E-state index in [9.17, 15) is 4.79 Å². The number of hydrogen-bond donors (Lipinski definition) is 2. The summed E-state index contributed by atoms with van der Waals surface area (Å²) >= 11 is 0. The molecule has 2 aromatic rings. The third-order valence-corrected chi connectivity index (χ3v) is 3.18. The summed E-state index contributed by atoms with van der Waals surface area (Å²) in [6.45, 7) is 6.51. The highest BCUT2D eigenvalue weighted by molar-refractivity contribution is 5.76. The van der Waals surface area contributed by atoms with Gasteiger partial charge in [-0.05, 0) is 20.8 Å². The van der Waals surface area contributed by atoms with Gasteiger partial charge in [0, 0.05) is 25.0 Å². The van der Waals surface area contributed by atoms with E-state index >= 15 is 0 Å². The molecule has 0 aliphatic heterocycles. The normalized spacial score (nSPS) is 12.3. The number of hydrogen-bond acceptors (Lipinski definition) is 4. The van der Waals surface area contributed by atoms with Crippen LogP contribution < -0.4 is 11.1 Å². The molecular formula is C13H20N6O. The van der Waals surface area contributed by atoms with E-state index in [1.165, 1.54) is 0 Å². The number of nitrogens with zero attached hydrogens (tertiary/aromatic N) is 4. The highest BCUT2D eigenvalue weighted by atomic mass is 16.2. The fraction of sp³-hybridized carbons (Fsp3) is 0.462. The van der Waals surface area contributed by atoms with Crippen LogP contribution in [0.4, 0.5) is 5.69 Å². The molecule has 0 bridgehead atoms. The Hall–Kier alpha value is -2.31. The molecule has 7 heteroatoms. The van der Waals surface area contributed by atoms with Gasteiger partial charge >= 0.3 is 0 Å². The predicted molar refractivity (Wildman–Crippen MR) is 75.9 cm³/mol. The van der Waals surface area contributed by atoms with Crippen molar-refractivity contribution >= 4 is 11.6 Å². The maximum atomic E-state index is 12.0. The molecule has 3 N–H and O–H groups in total. The second-order valence-corrected chi connectivity index (χ2v) is 4.97. The van der Waals surface area contributed by atoms with E-state index in [-0.39, 0.29) is 18.5 Å². The quantitative estimate of drug-likeness (QED) is 0.831. The number of anilines is 1. The first-order chi connectivity index (χ1) is 9.47. The molecule has 20 heavy (non-hydrogen) atoms. The standard InChI is InChI=1S/C13H20N6O/c1-9(6-18-5-4-15-8-18)16-12(20)7-19-11(3)13(14)10(2)17-19/h4-5,8-9H,6-7,14H2,1-3H3,(H,16,20). The van der Waals surface area contributed by atoms with Crippen LogP contribution in [0, 0.1) is 13.8 Å². The minimum absolute atomic E-state index is 0.0195. The van der Waals surface area contributed by atoms with Crippen molar-refractivity contribution in [2.24, 2.45) is 0 Å². The molecule has 0 fully saturated rings. The first-order valence-electron chi connectivity index (χ1n) is 6.52. The molecule has 2 aromatic heterocycles. The van der Waals surface area contributed by atoms with E-state index in [1.807, 2.05) is 31.5 Å². The molecule has 2 rings (SSSR count). The Labute approximate surface area is 117 Å². The topological polar surface area (TPSA) is 90.8 Å². The fourth-order valence-corrected chi connectivity index (χ4v) is 2.08. The zero-order valence-corrected chi connectivity index (χ0v) is 12.0. The first-order valence-corrected chi connectivity index (χ1v) is 6.52. The van der Waals surface area contributed by atoms with Gasteiger partial charge in [-0.15, -0.1) is 0 Å². The van der Waals surface area contributed by atoms with Gasteiger partial charge in [-0.25, -0.2) is 4.98 Å². The summed E-state index contributed by atoms with van der Waals surface area (Å²) in [5, 5.41) is 7.18. The average molecular weight is 276 g/mol. The summed E-state index contributed by atoms with van der Waals surface area (Å²) in [5.74, 6) is -0.0804. The van der Waals surface area contributed by atoms with Crippen LogP contribution in [0.2, 0.25) is 0 Å². The number of rotatable bonds is 5. The van der Waals surface area contributed by atoms with E-state index in [0.717, 1.165) is 11.4 Å². The molecule has 108 valence electrons. The summed E-state index contributed by atoms with van der Waals surface area (Å²) in [5.41, 5.74) is 8.06. The highest BCUT2D eigenvalue weighted by Crippen LogP contribution is 2.14. The van der Waals surface area contributed by atoms with Crippen LogP contribution in [0.25, 0.3) is 0 Å². The molecule has 0 saturated heterocycles. The first kappa shape index (κ1) is 14.1. The van der Waals surface area contributed by atoms with Gasteiger partial charge in [0.15, 0.2) is 0 Å². The number of nitrogens with two attached hydrogens (primary N) is 1. The molecule has 7 nitrogen and oxygen atoms in total. The van der Waals surface area contributed by atoms with Crippen LogP contribution in [0.15, 0.2) is 18.7 Å². The molecule has 1 atom stereocenters. The van der Waals surface area contributed by atoms with E-state index in [2.05, 4.69) is 15.4 Å². The van der Waals surface area contributed by atoms with Crippen LogP contribution in [-0.4, -0.2) is 31.3 Å². The Morgan fingerprint density at radius 2 is 2.25 bits per heavy atom. The van der Waals surface area contributed by atoms with Crippen molar-refractivity contribution in [3.63, 3.8) is 0 Å². The molecule has 0 aliphatic carbocycles. The van der Waals surface area contributed by atoms with Crippen molar-refractivity contribution < 1.29 is 4.79 Å². The molecule has 0 spiro atoms. The predicted octanol–water partition coefficient (Wildman–Crippen LogP) is 0.484. The monoisotopic (exact) mass is 276 g/mol. The van der Waals surface area contributed by atoms with Crippen molar-refractivity contribution in [3.05, 3.63) is 30.1 Å². The Morgan fingerprint density at radius 1 is 1.50 bits per heavy atom. The molecule has 0 aliphatic rings. The SMILES string of the molecule is Cc1nn(CC(=O)NC(C)Cn2ccnc2)c(C)c1N. The minimum atomic E-state index is -0.0804. The number of carbonyl (C=O) groups is 1. The van der Waals surface area contributed by atoms with Crippen molar-refractivity contribution in [1.29, 1.82) is 0 Å². The number of nitrogen functional groups attached to an aromatic ring is 1. The van der Waals surface area contributed by atoms with Gasteiger partial charge in [-0.2, -0.15) is 5.10 Å². The number of amides is 1. The lowest BCUT2D eigenvalue weighted by Gasteiger charge is -2.14. The third kappa shape index (κ3) is 3.17. The lowest BCUT2D eigenvalue weighted by Crippen LogP contribution is -2.37. The van der Waals surface area contributed by atoms with Gasteiger partial charge in [-0.1, -0.05) is 0 Å². The number of nitrogens with one attached hydrogen (secondary N) is 1. The number of aromatic nitrogens is 4. The molecule has 1 amide bonds. The number of aryl methyl sites for hydroxylation is 1. The van der Waals surface area contributed by atoms with Gasteiger partial charge in [0.05, 0.1) is 23.4 Å². The zero-order chi connectivity index (χ0) is 14.7. The zero-order valence-electron chi connectivity index (χ0n) is 12.0. The van der Waals surface area contributed by atoms with Gasteiger partial charge in [0.25, 0.3) is 0 Å². The van der Waals surface area contributed by atoms with Crippen LogP contribution >= 0.6 is 0 Å². The average Bonchev–Trinajstić information content (AvgIpc) is 2.95. The summed E-state index contributed by atoms with van der Waals surface area (Å²) in [6, 6.07) is 0.0195. The molecule has 0 saturated carbocycles. The van der Waals surface area contributed by atoms with E-state index in [4.69, 9.17) is 5.73 Å². The minimum Gasteiger partial charge on any atom is -0.396 e. The van der Waals surface area contributed by atoms with Gasteiger partial charge < -0.3 is 15.6 Å². The largest absolute Gasteiger partial charge is 0.396 e. The summed E-state index contributed by atoms with van der Waals surface area (Å²) in [4.78, 5) is 16.0. The Morgan fingerprint density at radius 3 is 2.80 bits per heavy atom. The van der Waals surface area contributed by atoms with E-state index in [1.54, 1.807) is 17.2 Å². The molecule has 2 heterocycles. The van der Waals surface area contributed by atoms with Crippen LogP contribution in [0.5, 0.6) is 0 Å². The maximum absolute atomic E-state index is 12.0. The summed E-state index contributed by atoms with van der Waals surface area (Å²) in [7, 11) is 0. The molecular weight excluding hydrogens is 256 g/mol. The fourth-order valence-electron chi connectivity index (χ4n) is 2.08. The summed E-state index contributed by atoms with van der Waals surface area (Å²) in [6.07, 6.45) is 5.31. The Bertz CT molecular complexity index is 586. The van der Waals surface area contributed by atoms with Crippen molar-refractivity contribution in [2.45, 2.75) is 39.9 Å². The van der Waals surface area contributed by atoms with Crippen LogP contribution in [0.3, 0.4) is 0 Å². The highest BCUT2D eigenvalue weighted by Gasteiger charge is 2.13. The molecule has 0 aromatic carbocycles. The van der Waals surface area contributed by atoms with Crippen molar-refractivity contribution in [1.82, 2.24) is 24.6 Å². The second kappa shape index (κ2) is 5.77. The smallest absolute Gasteiger partial charge is 0.242 e. The van der Waals surface area contributed by atoms with Gasteiger partial charge in [-0.3, -0.25) is 9.48 Å². The van der Waals surface area contributed by atoms with Crippen molar-refractivity contribution in [2.75, 3.05) is 5.73 Å². The van der Waals surface area contributed by atoms with E-state index < -0.39 is 0 Å². The van der Waals surface area contributed by atoms with Gasteiger partial charge in [0.1, 0.15) is 6.54 Å². The molecule has 1 unspecified atom stereocenters. The Balaban J connectivity index is 1.90. The lowest BCUT2D eigenvalue weighted by atomic mass is 10.3. The Kier molecular flexibility index (Phi) is 4.07. The maximum Gasteiger partial charge on any atom is 0.242 e. The summed E-state index contributed by atoms with van der Waals surface area (Å²) < 4.78 is 3.55.